The molecule has 0 fully saturated rings. The molecule has 134 valence electrons. The van der Waals surface area contributed by atoms with Crippen LogP contribution < -0.4 is 10.6 Å². The largest absolute Gasteiger partial charge is 0.396 e. The van der Waals surface area contributed by atoms with Crippen LogP contribution in [0.3, 0.4) is 0 Å². The second-order valence-corrected chi connectivity index (χ2v) is 6.42. The first-order valence-electron chi connectivity index (χ1n) is 8.17. The number of hydrogen-bond donors (Lipinski definition) is 3. The van der Waals surface area contributed by atoms with Crippen LogP contribution >= 0.6 is 23.2 Å². The van der Waals surface area contributed by atoms with E-state index in [4.69, 9.17) is 28.3 Å². The van der Waals surface area contributed by atoms with Crippen molar-refractivity contribution in [3.63, 3.8) is 0 Å². The van der Waals surface area contributed by atoms with E-state index < -0.39 is 0 Å². The van der Waals surface area contributed by atoms with Crippen LogP contribution in [-0.2, 0) is 0 Å². The average Bonchev–Trinajstić information content (AvgIpc) is 2.65. The van der Waals surface area contributed by atoms with Crippen molar-refractivity contribution in [1.29, 1.82) is 0 Å². The first-order valence-corrected chi connectivity index (χ1v) is 8.92. The van der Waals surface area contributed by atoms with Crippen molar-refractivity contribution in [2.24, 2.45) is 0 Å². The molecule has 0 saturated carbocycles. The Labute approximate surface area is 162 Å². The highest BCUT2D eigenvalue weighted by Gasteiger charge is 2.09. The van der Waals surface area contributed by atoms with Gasteiger partial charge in [0, 0.05) is 29.8 Å². The number of nitrogens with one attached hydrogen (secondary N) is 2. The van der Waals surface area contributed by atoms with E-state index in [9.17, 15) is 0 Å². The zero-order chi connectivity index (χ0) is 18.4. The van der Waals surface area contributed by atoms with Gasteiger partial charge in [0.05, 0.1) is 16.4 Å². The molecule has 3 N–H and O–H groups in total. The Bertz CT molecular complexity index is 875. The van der Waals surface area contributed by atoms with Crippen LogP contribution in [0.15, 0.2) is 54.6 Å². The minimum atomic E-state index is 0.106. The lowest BCUT2D eigenvalue weighted by Crippen LogP contribution is -2.08. The molecule has 0 aliphatic carbocycles. The highest BCUT2D eigenvalue weighted by molar-refractivity contribution is 6.35. The molecule has 0 atom stereocenters. The highest BCUT2D eigenvalue weighted by atomic mass is 35.5. The van der Waals surface area contributed by atoms with Gasteiger partial charge in [0.1, 0.15) is 5.82 Å². The number of nitrogens with zero attached hydrogens (tertiary/aromatic N) is 2. The molecule has 5 nitrogen and oxygen atoms in total. The molecule has 0 aliphatic heterocycles. The number of aliphatic hydroxyl groups excluding tert-OH is 1. The molecular weight excluding hydrogens is 371 g/mol. The van der Waals surface area contributed by atoms with Gasteiger partial charge < -0.3 is 15.7 Å². The minimum absolute atomic E-state index is 0.106. The minimum Gasteiger partial charge on any atom is -0.396 e. The molecule has 2 aromatic carbocycles. The summed E-state index contributed by atoms with van der Waals surface area (Å²) in [6.07, 6.45) is 0.613. The van der Waals surface area contributed by atoms with E-state index in [1.165, 1.54) is 0 Å². The first kappa shape index (κ1) is 18.5. The van der Waals surface area contributed by atoms with Gasteiger partial charge in [-0.3, -0.25) is 0 Å². The number of benzene rings is 2. The summed E-state index contributed by atoms with van der Waals surface area (Å²) in [6.45, 7) is 0.681. The lowest BCUT2D eigenvalue weighted by molar-refractivity contribution is 0.292. The summed E-state index contributed by atoms with van der Waals surface area (Å²) >= 11 is 12.3. The lowest BCUT2D eigenvalue weighted by atomic mass is 10.1. The Morgan fingerprint density at radius 1 is 0.962 bits per heavy atom. The summed E-state index contributed by atoms with van der Waals surface area (Å²) in [4.78, 5) is 9.03. The Balaban J connectivity index is 1.95. The zero-order valence-corrected chi connectivity index (χ0v) is 15.4. The van der Waals surface area contributed by atoms with Crippen molar-refractivity contribution < 1.29 is 5.11 Å². The summed E-state index contributed by atoms with van der Waals surface area (Å²) in [5, 5.41) is 16.4. The second-order valence-electron chi connectivity index (χ2n) is 5.58. The van der Waals surface area contributed by atoms with Crippen molar-refractivity contribution >= 4 is 40.7 Å². The van der Waals surface area contributed by atoms with Gasteiger partial charge in [0.2, 0.25) is 5.95 Å². The molecule has 0 aliphatic rings. The zero-order valence-electron chi connectivity index (χ0n) is 13.9. The molecule has 0 saturated heterocycles. The molecular formula is C19H18Cl2N4O. The third-order valence-electron chi connectivity index (χ3n) is 3.60. The fraction of sp³-hybridized carbons (Fsp3) is 0.158. The Morgan fingerprint density at radius 3 is 2.54 bits per heavy atom. The van der Waals surface area contributed by atoms with Gasteiger partial charge in [-0.1, -0.05) is 53.5 Å². The van der Waals surface area contributed by atoms with Gasteiger partial charge in [0.15, 0.2) is 0 Å². The van der Waals surface area contributed by atoms with Crippen LogP contribution in [0.5, 0.6) is 0 Å². The van der Waals surface area contributed by atoms with Gasteiger partial charge >= 0.3 is 0 Å². The standard InChI is InChI=1S/C19H18Cl2N4O/c20-14-7-8-15(21)17(11-14)23-18-12-16(13-5-2-1-3-6-13)24-19(25-18)22-9-4-10-26/h1-3,5-8,11-12,26H,4,9-10H2,(H2,22,23,24,25). The van der Waals surface area contributed by atoms with Crippen LogP contribution in [0.2, 0.25) is 10.0 Å². The summed E-state index contributed by atoms with van der Waals surface area (Å²) in [7, 11) is 0. The fourth-order valence-corrected chi connectivity index (χ4v) is 2.69. The fourth-order valence-electron chi connectivity index (χ4n) is 2.36. The first-order chi connectivity index (χ1) is 12.7. The van der Waals surface area contributed by atoms with Crippen LogP contribution in [0, 0.1) is 0 Å². The Hall–Kier alpha value is -2.34. The van der Waals surface area contributed by atoms with E-state index in [0.717, 1.165) is 11.3 Å². The third-order valence-corrected chi connectivity index (χ3v) is 4.17. The van der Waals surface area contributed by atoms with Crippen molar-refractivity contribution in [3.05, 3.63) is 64.6 Å². The molecule has 0 unspecified atom stereocenters. The summed E-state index contributed by atoms with van der Waals surface area (Å²) in [5.41, 5.74) is 2.41. The number of anilines is 3. The maximum absolute atomic E-state index is 8.96. The van der Waals surface area contributed by atoms with Crippen LogP contribution in [0.25, 0.3) is 11.3 Å². The predicted octanol–water partition coefficient (Wildman–Crippen LogP) is 4.99. The van der Waals surface area contributed by atoms with Crippen LogP contribution in [0.1, 0.15) is 6.42 Å². The second kappa shape index (κ2) is 8.85. The quantitative estimate of drug-likeness (QED) is 0.497. The Kier molecular flexibility index (Phi) is 6.28. The SMILES string of the molecule is OCCCNc1nc(Nc2cc(Cl)ccc2Cl)cc(-c2ccccc2)n1. The van der Waals surface area contributed by atoms with Crippen molar-refractivity contribution in [2.45, 2.75) is 6.42 Å². The van der Waals surface area contributed by atoms with E-state index >= 15 is 0 Å². The molecule has 1 heterocycles. The Morgan fingerprint density at radius 2 is 1.77 bits per heavy atom. The van der Waals surface area contributed by atoms with Gasteiger partial charge in [-0.15, -0.1) is 0 Å². The molecule has 0 bridgehead atoms. The van der Waals surface area contributed by atoms with Crippen LogP contribution in [0.4, 0.5) is 17.5 Å². The summed E-state index contributed by atoms with van der Waals surface area (Å²) < 4.78 is 0. The molecule has 3 rings (SSSR count). The van der Waals surface area contributed by atoms with E-state index in [0.29, 0.717) is 40.5 Å². The van der Waals surface area contributed by atoms with E-state index in [1.54, 1.807) is 18.2 Å². The molecule has 7 heteroatoms. The predicted molar refractivity (Wildman–Crippen MR) is 107 cm³/mol. The van der Waals surface area contributed by atoms with Crippen LogP contribution in [-0.4, -0.2) is 28.2 Å². The number of halogens is 2. The molecule has 3 aromatic rings. The number of hydrogen-bond acceptors (Lipinski definition) is 5. The smallest absolute Gasteiger partial charge is 0.225 e. The normalized spacial score (nSPS) is 10.6. The van der Waals surface area contributed by atoms with E-state index in [2.05, 4.69) is 20.6 Å². The van der Waals surface area contributed by atoms with E-state index in [1.807, 2.05) is 36.4 Å². The topological polar surface area (TPSA) is 70.1 Å². The number of aliphatic hydroxyl groups is 1. The third kappa shape index (κ3) is 4.85. The van der Waals surface area contributed by atoms with Crippen molar-refractivity contribution in [3.8, 4) is 11.3 Å². The van der Waals surface area contributed by atoms with Crippen molar-refractivity contribution in [1.82, 2.24) is 9.97 Å². The monoisotopic (exact) mass is 388 g/mol. The summed E-state index contributed by atoms with van der Waals surface area (Å²) in [5.74, 6) is 1.06. The molecule has 0 radical (unpaired) electrons. The average molecular weight is 389 g/mol. The maximum atomic E-state index is 8.96. The molecule has 26 heavy (non-hydrogen) atoms. The molecule has 0 amide bonds. The highest BCUT2D eigenvalue weighted by Crippen LogP contribution is 2.29. The number of rotatable bonds is 7. The number of aromatic nitrogens is 2. The summed E-state index contributed by atoms with van der Waals surface area (Å²) in [6, 6.07) is 16.9. The van der Waals surface area contributed by atoms with Gasteiger partial charge in [-0.2, -0.15) is 4.98 Å². The van der Waals surface area contributed by atoms with E-state index in [-0.39, 0.29) is 6.61 Å². The lowest BCUT2D eigenvalue weighted by Gasteiger charge is -2.12. The van der Waals surface area contributed by atoms with Gasteiger partial charge in [-0.25, -0.2) is 4.98 Å². The maximum Gasteiger partial charge on any atom is 0.225 e. The molecule has 1 aromatic heterocycles. The van der Waals surface area contributed by atoms with Gasteiger partial charge in [-0.05, 0) is 24.6 Å². The molecule has 0 spiro atoms. The van der Waals surface area contributed by atoms with Gasteiger partial charge in [0.25, 0.3) is 0 Å². The van der Waals surface area contributed by atoms with Crippen molar-refractivity contribution in [2.75, 3.05) is 23.8 Å².